The summed E-state index contributed by atoms with van der Waals surface area (Å²) in [7, 11) is 0. The van der Waals surface area contributed by atoms with Crippen LogP contribution < -0.4 is 4.74 Å². The fraction of sp³-hybridized carbons (Fsp3) is 0.529. The summed E-state index contributed by atoms with van der Waals surface area (Å²) in [6.45, 7) is 22.0. The molecule has 0 saturated heterocycles. The lowest BCUT2D eigenvalue weighted by molar-refractivity contribution is -0.152. The highest BCUT2D eigenvalue weighted by atomic mass is 19.1. The van der Waals surface area contributed by atoms with Gasteiger partial charge in [0.1, 0.15) is 24.8 Å². The van der Waals surface area contributed by atoms with Gasteiger partial charge in [-0.05, 0) is 138 Å². The molecule has 0 atom stereocenters. The molecule has 0 aromatic heterocycles. The van der Waals surface area contributed by atoms with Gasteiger partial charge in [-0.3, -0.25) is 0 Å². The number of aliphatic hydroxyl groups excluding tert-OH is 1. The summed E-state index contributed by atoms with van der Waals surface area (Å²) in [6.07, 6.45) is 11.1. The van der Waals surface area contributed by atoms with Crippen molar-refractivity contribution in [2.75, 3.05) is 39.6 Å². The number of rotatable bonds is 27. The van der Waals surface area contributed by atoms with Crippen LogP contribution in [0.1, 0.15) is 128 Å². The SMILES string of the molecule is C=C(C)C(=O)OCCCc1cc(-c2ccc(C3CCC(CCCCC)CC3)cc2F)cc(CCCOC(=O)C(=C)C)c1OCCC(CO)(COC(=O)C(=C)C)COC(=O)C(=C)C. The Balaban J connectivity index is 2.02. The van der Waals surface area contributed by atoms with Crippen LogP contribution in [0.25, 0.3) is 11.1 Å². The Hall–Kier alpha value is -5.03. The number of hydrogen-bond donors (Lipinski definition) is 1. The van der Waals surface area contributed by atoms with Crippen LogP contribution in [0.5, 0.6) is 5.75 Å². The van der Waals surface area contributed by atoms with Gasteiger partial charge in [0.05, 0.1) is 31.8 Å². The highest BCUT2D eigenvalue weighted by Gasteiger charge is 2.34. The highest BCUT2D eigenvalue weighted by Crippen LogP contribution is 2.40. The monoisotopic (exact) mass is 860 g/mol. The first-order chi connectivity index (χ1) is 29.5. The van der Waals surface area contributed by atoms with Crippen molar-refractivity contribution in [3.8, 4) is 16.9 Å². The number of unbranched alkanes of at least 4 members (excludes halogenated alkanes) is 2. The standard InChI is InChI=1S/C51H69FO10/c1-10-11-12-15-38-18-20-39(21-19-38)40-22-23-44(45(52)30-40)43-28-41(16-13-25-59-47(54)34(2)3)46(42(29-43)17-14-26-60-48(55)35(4)5)58-27-24-51(31-53,32-61-49(56)36(6)7)33-62-50(57)37(8)9/h22-23,28-30,38-39,53H,2,4,6,8,10-21,24-27,31-33H2,1,3,5,7,9H3. The second-order valence-electron chi connectivity index (χ2n) is 17.1. The normalized spacial score (nSPS) is 15.0. The predicted octanol–water partition coefficient (Wildman–Crippen LogP) is 10.4. The average molecular weight is 861 g/mol. The van der Waals surface area contributed by atoms with Crippen LogP contribution in [0.3, 0.4) is 0 Å². The molecule has 0 heterocycles. The summed E-state index contributed by atoms with van der Waals surface area (Å²) >= 11 is 0. The van der Waals surface area contributed by atoms with Gasteiger partial charge >= 0.3 is 23.9 Å². The molecule has 2 aromatic carbocycles. The minimum absolute atomic E-state index is 0.0195. The number of hydrogen-bond acceptors (Lipinski definition) is 10. The highest BCUT2D eigenvalue weighted by molar-refractivity contribution is 5.88. The number of carbonyl (C=O) groups is 4. The van der Waals surface area contributed by atoms with E-state index in [2.05, 4.69) is 33.2 Å². The Morgan fingerprint density at radius 1 is 0.694 bits per heavy atom. The van der Waals surface area contributed by atoms with Gasteiger partial charge in [0, 0.05) is 27.9 Å². The molecular formula is C51H69FO10. The van der Waals surface area contributed by atoms with E-state index in [-0.39, 0.29) is 67.6 Å². The third kappa shape index (κ3) is 16.3. The molecule has 11 heteroatoms. The van der Waals surface area contributed by atoms with Crippen LogP contribution >= 0.6 is 0 Å². The van der Waals surface area contributed by atoms with Gasteiger partial charge in [-0.15, -0.1) is 0 Å². The van der Waals surface area contributed by atoms with Gasteiger partial charge in [0.25, 0.3) is 0 Å². The van der Waals surface area contributed by atoms with Gasteiger partial charge in [-0.25, -0.2) is 23.6 Å². The second kappa shape index (κ2) is 25.8. The molecule has 1 fully saturated rings. The molecule has 1 N–H and O–H groups in total. The average Bonchev–Trinajstić information content (AvgIpc) is 3.24. The Morgan fingerprint density at radius 3 is 1.65 bits per heavy atom. The maximum absolute atomic E-state index is 16.3. The Kier molecular flexibility index (Phi) is 21.4. The smallest absolute Gasteiger partial charge is 0.333 e. The molecule has 1 aliphatic carbocycles. The maximum Gasteiger partial charge on any atom is 0.333 e. The van der Waals surface area contributed by atoms with Gasteiger partial charge in [0.15, 0.2) is 0 Å². The van der Waals surface area contributed by atoms with Crippen LogP contribution in [0, 0.1) is 17.2 Å². The lowest BCUT2D eigenvalue weighted by atomic mass is 9.77. The zero-order chi connectivity index (χ0) is 45.8. The van der Waals surface area contributed by atoms with Crippen molar-refractivity contribution in [2.45, 2.75) is 124 Å². The molecule has 0 spiro atoms. The fourth-order valence-corrected chi connectivity index (χ4v) is 7.46. The molecule has 10 nitrogen and oxygen atoms in total. The molecule has 62 heavy (non-hydrogen) atoms. The lowest BCUT2D eigenvalue weighted by Gasteiger charge is -2.31. The Morgan fingerprint density at radius 2 is 1.19 bits per heavy atom. The molecule has 0 bridgehead atoms. The number of ether oxygens (including phenoxy) is 5. The third-order valence-corrected chi connectivity index (χ3v) is 11.4. The fourth-order valence-electron chi connectivity index (χ4n) is 7.46. The van der Waals surface area contributed by atoms with E-state index in [9.17, 15) is 24.3 Å². The van der Waals surface area contributed by atoms with E-state index in [1.54, 1.807) is 19.9 Å². The van der Waals surface area contributed by atoms with E-state index in [1.165, 1.54) is 39.5 Å². The van der Waals surface area contributed by atoms with E-state index in [4.69, 9.17) is 23.7 Å². The molecule has 3 rings (SSSR count). The zero-order valence-corrected chi connectivity index (χ0v) is 37.8. The van der Waals surface area contributed by atoms with Gasteiger partial charge in [0.2, 0.25) is 0 Å². The molecule has 1 saturated carbocycles. The predicted molar refractivity (Wildman–Crippen MR) is 240 cm³/mol. The minimum Gasteiger partial charge on any atom is -0.493 e. The summed E-state index contributed by atoms with van der Waals surface area (Å²) in [5.74, 6) is -1.13. The summed E-state index contributed by atoms with van der Waals surface area (Å²) in [5.41, 5.74) is 3.12. The summed E-state index contributed by atoms with van der Waals surface area (Å²) in [5, 5.41) is 10.7. The van der Waals surface area contributed by atoms with Crippen LogP contribution in [-0.2, 0) is 51.0 Å². The molecule has 0 unspecified atom stereocenters. The summed E-state index contributed by atoms with van der Waals surface area (Å²) < 4.78 is 44.6. The molecule has 0 radical (unpaired) electrons. The molecule has 2 aromatic rings. The van der Waals surface area contributed by atoms with Crippen molar-refractivity contribution < 1.29 is 52.4 Å². The number of benzene rings is 2. The van der Waals surface area contributed by atoms with Crippen LogP contribution in [0.15, 0.2) is 78.9 Å². The molecular weight excluding hydrogens is 792 g/mol. The van der Waals surface area contributed by atoms with Gasteiger partial charge in [-0.2, -0.15) is 0 Å². The first-order valence-electron chi connectivity index (χ1n) is 22.0. The van der Waals surface area contributed by atoms with Crippen LogP contribution in [0.4, 0.5) is 4.39 Å². The molecule has 0 aliphatic heterocycles. The summed E-state index contributed by atoms with van der Waals surface area (Å²) in [6, 6.07) is 9.31. The Labute approximate surface area is 368 Å². The Bertz CT molecular complexity index is 1820. The first kappa shape index (κ1) is 51.3. The van der Waals surface area contributed by atoms with Gasteiger partial charge in [-0.1, -0.05) is 71.1 Å². The van der Waals surface area contributed by atoms with Gasteiger partial charge < -0.3 is 28.8 Å². The van der Waals surface area contributed by atoms with Crippen molar-refractivity contribution in [1.29, 1.82) is 0 Å². The van der Waals surface area contributed by atoms with E-state index in [0.29, 0.717) is 59.6 Å². The van der Waals surface area contributed by atoms with E-state index < -0.39 is 35.9 Å². The summed E-state index contributed by atoms with van der Waals surface area (Å²) in [4.78, 5) is 49.2. The minimum atomic E-state index is -1.25. The molecule has 340 valence electrons. The third-order valence-electron chi connectivity index (χ3n) is 11.4. The van der Waals surface area contributed by atoms with E-state index in [0.717, 1.165) is 37.2 Å². The quantitative estimate of drug-likeness (QED) is 0.0400. The number of esters is 4. The lowest BCUT2D eigenvalue weighted by Crippen LogP contribution is -2.39. The molecule has 1 aliphatic rings. The second-order valence-corrected chi connectivity index (χ2v) is 17.1. The van der Waals surface area contributed by atoms with Crippen LogP contribution in [-0.4, -0.2) is 68.6 Å². The van der Waals surface area contributed by atoms with Crippen LogP contribution in [0.2, 0.25) is 0 Å². The van der Waals surface area contributed by atoms with Crippen molar-refractivity contribution in [3.05, 3.63) is 101 Å². The van der Waals surface area contributed by atoms with Crippen molar-refractivity contribution in [3.63, 3.8) is 0 Å². The largest absolute Gasteiger partial charge is 0.493 e. The number of aryl methyl sites for hydroxylation is 2. The molecule has 0 amide bonds. The number of aliphatic hydroxyl groups is 1. The number of carbonyl (C=O) groups excluding carboxylic acids is 4. The van der Waals surface area contributed by atoms with Crippen molar-refractivity contribution >= 4 is 23.9 Å². The van der Waals surface area contributed by atoms with Crippen molar-refractivity contribution in [2.24, 2.45) is 11.3 Å². The topological polar surface area (TPSA) is 135 Å². The van der Waals surface area contributed by atoms with E-state index >= 15 is 4.39 Å². The van der Waals surface area contributed by atoms with E-state index in [1.807, 2.05) is 24.3 Å². The first-order valence-corrected chi connectivity index (χ1v) is 22.0. The maximum atomic E-state index is 16.3. The zero-order valence-electron chi connectivity index (χ0n) is 37.8. The number of halogens is 1. The van der Waals surface area contributed by atoms with Crippen molar-refractivity contribution in [1.82, 2.24) is 0 Å².